The Morgan fingerprint density at radius 2 is 1.65 bits per heavy atom. The summed E-state index contributed by atoms with van der Waals surface area (Å²) in [4.78, 5) is 30.3. The molecule has 4 aliphatic heterocycles. The topological polar surface area (TPSA) is 253 Å². The van der Waals surface area contributed by atoms with Gasteiger partial charge in [0.25, 0.3) is 11.8 Å². The molecule has 97 heavy (non-hydrogen) atoms. The Morgan fingerprint density at radius 3 is 2.43 bits per heavy atom. The van der Waals surface area contributed by atoms with Gasteiger partial charge >= 0.3 is 0 Å². The van der Waals surface area contributed by atoms with Crippen LogP contribution in [0, 0.1) is 47.3 Å². The van der Waals surface area contributed by atoms with Crippen molar-refractivity contribution in [1.82, 2.24) is 20.9 Å². The molecule has 520 valence electrons. The van der Waals surface area contributed by atoms with E-state index in [-0.39, 0.29) is 84.5 Å². The Kier molecular flexibility index (Phi) is 18.0. The van der Waals surface area contributed by atoms with E-state index in [4.69, 9.17) is 23.7 Å². The highest BCUT2D eigenvalue weighted by Crippen LogP contribution is 2.63. The standard InChI is InChI=1S/C79H101N5O13/c1-44-20-24-58-47(32-55-48-15-11-16-49(55)39-77(92,38-48)45(2)86)17-12-29-79(58,83-44)97-64-37-62(94-31-30-80-3)53-22-23-54-68-61(82-74(90)71(64)70(53)68)36-63-69(54)72(88)56(43-96-63)50-33-65(93-5)73(89)66(34-50)95-42-52(41-85)78-28-13-19-59(60(78)25-21-46-14-7-8-18-57(46)78)76(26-9-6-10-27-76)84-67(87)35-51(40-81-4)75(84)91/h7-8,11,14-15,18,21,25,33-37,44-45,47-49,52,55-56,58-60,72,74,80-83,85-86,88-90,92H,6,9-10,12-13,16-17,19-20,22-24,26-32,38-43H2,1-5H3. The van der Waals surface area contributed by atoms with Gasteiger partial charge < -0.3 is 70.3 Å². The van der Waals surface area contributed by atoms with Crippen LogP contribution in [-0.2, 0) is 27.8 Å². The lowest BCUT2D eigenvalue weighted by Gasteiger charge is -2.60. The lowest BCUT2D eigenvalue weighted by molar-refractivity contribution is -0.153. The summed E-state index contributed by atoms with van der Waals surface area (Å²) in [6.07, 6.45) is 23.2. The lowest BCUT2D eigenvalue weighted by atomic mass is 9.47. The van der Waals surface area contributed by atoms with E-state index in [1.165, 1.54) is 13.2 Å². The number of phenols is 1. The van der Waals surface area contributed by atoms with Crippen LogP contribution in [0.4, 0.5) is 5.69 Å². The molecule has 16 unspecified atom stereocenters. The first-order valence-corrected chi connectivity index (χ1v) is 36.6. The molecule has 2 bridgehead atoms. The molecule has 15 rings (SSSR count). The number of carbonyl (C=O) groups is 2. The Morgan fingerprint density at radius 1 is 0.845 bits per heavy atom. The van der Waals surface area contributed by atoms with Gasteiger partial charge in [-0.05, 0) is 188 Å². The summed E-state index contributed by atoms with van der Waals surface area (Å²) in [6.45, 7) is 5.15. The maximum atomic E-state index is 14.5. The number of nitrogens with zero attached hydrogens (tertiary/aromatic N) is 1. The third-order valence-electron chi connectivity index (χ3n) is 25.9. The molecule has 4 heterocycles. The van der Waals surface area contributed by atoms with E-state index in [0.717, 1.165) is 117 Å². The van der Waals surface area contributed by atoms with Crippen molar-refractivity contribution < 1.29 is 63.9 Å². The van der Waals surface area contributed by atoms with Crippen LogP contribution in [0.15, 0.2) is 78.4 Å². The lowest BCUT2D eigenvalue weighted by Crippen LogP contribution is -2.65. The number of anilines is 1. The molecule has 18 nitrogen and oxygen atoms in total. The molecule has 10 N–H and O–H groups in total. The van der Waals surface area contributed by atoms with E-state index in [9.17, 15) is 40.2 Å². The number of fused-ring (bicyclic) bond motifs is 8. The fourth-order valence-corrected chi connectivity index (χ4v) is 21.5. The minimum absolute atomic E-state index is 0.00832. The minimum Gasteiger partial charge on any atom is -0.502 e. The third kappa shape index (κ3) is 11.0. The minimum atomic E-state index is -1.15. The van der Waals surface area contributed by atoms with E-state index in [1.807, 2.05) is 25.2 Å². The molecule has 0 spiro atoms. The number of carbonyl (C=O) groups excluding carboxylic acids is 2. The molecule has 16 atom stereocenters. The first-order chi connectivity index (χ1) is 47.0. The third-order valence-corrected chi connectivity index (χ3v) is 25.9. The van der Waals surface area contributed by atoms with Crippen molar-refractivity contribution in [2.45, 2.75) is 189 Å². The van der Waals surface area contributed by atoms with Crippen LogP contribution in [0.3, 0.4) is 0 Å². The van der Waals surface area contributed by atoms with Gasteiger partial charge in [0.2, 0.25) is 5.75 Å². The number of piperidine rings is 1. The molecule has 4 saturated carbocycles. The molecule has 1 saturated heterocycles. The van der Waals surface area contributed by atoms with Crippen LogP contribution in [0.5, 0.6) is 34.5 Å². The van der Waals surface area contributed by atoms with Crippen LogP contribution in [0.1, 0.15) is 180 Å². The number of phenolic OH excluding ortho intramolecular Hbond substituents is 1. The number of aromatic hydroxyl groups is 1. The van der Waals surface area contributed by atoms with Crippen LogP contribution in [0.25, 0.3) is 17.2 Å². The maximum Gasteiger partial charge on any atom is 0.258 e. The van der Waals surface area contributed by atoms with Gasteiger partial charge in [-0.3, -0.25) is 19.8 Å². The molecule has 7 aliphatic carbocycles. The molecule has 4 aromatic carbocycles. The summed E-state index contributed by atoms with van der Waals surface area (Å²) in [6, 6.07) is 16.0. The fourth-order valence-electron chi connectivity index (χ4n) is 21.5. The largest absolute Gasteiger partial charge is 0.502 e. The summed E-state index contributed by atoms with van der Waals surface area (Å²) in [7, 11) is 5.19. The Bertz CT molecular complexity index is 3790. The predicted octanol–water partition coefficient (Wildman–Crippen LogP) is 10.3. The number of hydrogen-bond acceptors (Lipinski definition) is 17. The van der Waals surface area contributed by atoms with Crippen molar-refractivity contribution in [2.75, 3.05) is 66.0 Å². The number of benzene rings is 4. The number of aliphatic hydroxyl groups excluding tert-OH is 4. The van der Waals surface area contributed by atoms with Crippen molar-refractivity contribution in [1.29, 1.82) is 0 Å². The number of hydrogen-bond donors (Lipinski definition) is 10. The van der Waals surface area contributed by atoms with E-state index < -0.39 is 52.6 Å². The predicted molar refractivity (Wildman–Crippen MR) is 370 cm³/mol. The molecule has 0 aromatic heterocycles. The summed E-state index contributed by atoms with van der Waals surface area (Å²) in [5.74, 6) is 1.36. The molecule has 5 fully saturated rings. The van der Waals surface area contributed by atoms with E-state index >= 15 is 0 Å². The molecular formula is C79H101N5O13. The van der Waals surface area contributed by atoms with Crippen molar-refractivity contribution in [3.05, 3.63) is 117 Å². The second-order valence-electron chi connectivity index (χ2n) is 30.9. The number of aliphatic hydroxyl groups is 5. The number of allylic oxidation sites excluding steroid dienone is 3. The number of amides is 2. The van der Waals surface area contributed by atoms with Gasteiger partial charge in [-0.1, -0.05) is 74.3 Å². The van der Waals surface area contributed by atoms with Gasteiger partial charge in [0.15, 0.2) is 23.5 Å². The van der Waals surface area contributed by atoms with Crippen molar-refractivity contribution >= 4 is 23.6 Å². The van der Waals surface area contributed by atoms with Crippen LogP contribution >= 0.6 is 0 Å². The number of likely N-dealkylation sites (N-methyl/N-ethyl adjacent to an activating group) is 2. The van der Waals surface area contributed by atoms with Gasteiger partial charge in [-0.2, -0.15) is 0 Å². The first-order valence-electron chi connectivity index (χ1n) is 36.6. The first kappa shape index (κ1) is 66.4. The summed E-state index contributed by atoms with van der Waals surface area (Å²) in [5, 5.41) is 86.1. The quantitative estimate of drug-likeness (QED) is 0.0224. The van der Waals surface area contributed by atoms with Crippen molar-refractivity contribution in [3.63, 3.8) is 0 Å². The van der Waals surface area contributed by atoms with Crippen LogP contribution in [0.2, 0.25) is 0 Å². The highest BCUT2D eigenvalue weighted by atomic mass is 16.5. The Balaban J connectivity index is 0.749. The van der Waals surface area contributed by atoms with E-state index in [0.29, 0.717) is 115 Å². The smallest absolute Gasteiger partial charge is 0.258 e. The van der Waals surface area contributed by atoms with Gasteiger partial charge in [0.05, 0.1) is 55.8 Å². The Labute approximate surface area is 570 Å². The van der Waals surface area contributed by atoms with Crippen LogP contribution < -0.4 is 45.0 Å². The van der Waals surface area contributed by atoms with E-state index in [2.05, 4.69) is 70.7 Å². The van der Waals surface area contributed by atoms with Gasteiger partial charge in [0.1, 0.15) is 23.9 Å². The van der Waals surface area contributed by atoms with Gasteiger partial charge in [-0.25, -0.2) is 0 Å². The highest BCUT2D eigenvalue weighted by molar-refractivity contribution is 6.17. The summed E-state index contributed by atoms with van der Waals surface area (Å²) < 4.78 is 34.1. The Hall–Kier alpha value is -6.48. The summed E-state index contributed by atoms with van der Waals surface area (Å²) >= 11 is 0. The molecule has 2 amide bonds. The van der Waals surface area contributed by atoms with E-state index in [1.54, 1.807) is 31.0 Å². The van der Waals surface area contributed by atoms with Crippen LogP contribution in [-0.4, -0.2) is 137 Å². The monoisotopic (exact) mass is 1330 g/mol. The number of nitrogens with one attached hydrogen (secondary N) is 4. The maximum absolute atomic E-state index is 14.5. The second kappa shape index (κ2) is 26.2. The number of rotatable bonds is 20. The van der Waals surface area contributed by atoms with Crippen molar-refractivity contribution in [3.8, 4) is 45.6 Å². The number of ether oxygens (including phenoxy) is 5. The molecular weight excluding hydrogens is 1230 g/mol. The molecule has 0 radical (unpaired) electrons. The summed E-state index contributed by atoms with van der Waals surface area (Å²) in [5.41, 5.74) is 5.60. The zero-order chi connectivity index (χ0) is 67.3. The fraction of sp³-hybridized carbons (Fsp3) is 0.595. The average molecular weight is 1330 g/mol. The second-order valence-corrected chi connectivity index (χ2v) is 30.9. The van der Waals surface area contributed by atoms with Crippen molar-refractivity contribution in [2.24, 2.45) is 47.3 Å². The number of imide groups is 1. The average Bonchev–Trinajstić information content (AvgIpc) is 1.39. The molecule has 18 heteroatoms. The normalized spacial score (nSPS) is 33.2. The highest BCUT2D eigenvalue weighted by Gasteiger charge is 2.62. The molecule has 11 aliphatic rings. The SMILES string of the molecule is CNCCOc1cc(OC23CCCC(CC4C5C=CCC4CC(O)(C(C)O)C5)C2CCC(C)N3)c2c3c1CCc1c-3c(cc3c1C(O)C(c1cc(OC)c(O)c(OCC(CO)C45CCCC(C6(N7C(=O)C=C(CNC)C7=O)CCCCC6)C4C=Cc4ccccc45)c1)CO3)NC2O. The molecule has 4 aromatic rings. The van der Waals surface area contributed by atoms with Gasteiger partial charge in [0, 0.05) is 100 Å². The number of methoxy groups -OCH3 is 1. The van der Waals surface area contributed by atoms with Gasteiger partial charge in [-0.15, -0.1) is 0 Å². The zero-order valence-corrected chi connectivity index (χ0v) is 57.2. The zero-order valence-electron chi connectivity index (χ0n) is 57.2.